The van der Waals surface area contributed by atoms with Crippen molar-refractivity contribution < 1.29 is 9.53 Å². The molecule has 3 rings (SSSR count). The van der Waals surface area contributed by atoms with Crippen molar-refractivity contribution in [1.29, 1.82) is 0 Å². The fourth-order valence-electron chi connectivity index (χ4n) is 2.48. The summed E-state index contributed by atoms with van der Waals surface area (Å²) in [5.74, 6) is 1.36. The van der Waals surface area contributed by atoms with E-state index in [1.54, 1.807) is 31.3 Å². The number of carbonyl (C=O) groups is 1. The van der Waals surface area contributed by atoms with Crippen LogP contribution in [0.25, 0.3) is 16.6 Å². The molecule has 1 aromatic carbocycles. The van der Waals surface area contributed by atoms with Gasteiger partial charge in [-0.05, 0) is 54.2 Å². The Kier molecular flexibility index (Phi) is 6.32. The molecule has 0 aliphatic carbocycles. The summed E-state index contributed by atoms with van der Waals surface area (Å²) >= 11 is 7.63. The van der Waals surface area contributed by atoms with Crippen LogP contribution in [0.1, 0.15) is 25.8 Å². The summed E-state index contributed by atoms with van der Waals surface area (Å²) in [5.41, 5.74) is 1.83. The molecule has 0 aliphatic heterocycles. The van der Waals surface area contributed by atoms with Crippen molar-refractivity contribution >= 4 is 35.0 Å². The van der Waals surface area contributed by atoms with Crippen LogP contribution in [-0.4, -0.2) is 20.1 Å². The Morgan fingerprint density at radius 2 is 2.15 bits per heavy atom. The number of hydrogen-bond acceptors (Lipinski definition) is 6. The Bertz CT molecular complexity index is 940. The van der Waals surface area contributed by atoms with Crippen LogP contribution >= 0.6 is 23.1 Å². The van der Waals surface area contributed by atoms with Gasteiger partial charge in [-0.15, -0.1) is 0 Å². The Morgan fingerprint density at radius 1 is 1.30 bits per heavy atom. The van der Waals surface area contributed by atoms with E-state index in [0.717, 1.165) is 16.1 Å². The third-order valence-electron chi connectivity index (χ3n) is 3.74. The third kappa shape index (κ3) is 5.45. The number of ketones is 1. The molecule has 27 heavy (non-hydrogen) atoms. The number of Topliss-reactive ketones (excluding diaryl/α,β-unsaturated/α-hetero) is 1. The summed E-state index contributed by atoms with van der Waals surface area (Å²) in [5, 5.41) is 1.28. The molecule has 0 amide bonds. The van der Waals surface area contributed by atoms with Crippen molar-refractivity contribution in [1.82, 2.24) is 14.3 Å². The first-order chi connectivity index (χ1) is 13.0. The van der Waals surface area contributed by atoms with Crippen molar-refractivity contribution in [3.63, 3.8) is 0 Å². The van der Waals surface area contributed by atoms with Gasteiger partial charge in [0, 0.05) is 24.2 Å². The van der Waals surface area contributed by atoms with Gasteiger partial charge < -0.3 is 9.53 Å². The van der Waals surface area contributed by atoms with Gasteiger partial charge in [-0.3, -0.25) is 0 Å². The first-order valence-corrected chi connectivity index (χ1v) is 9.54. The van der Waals surface area contributed by atoms with Crippen LogP contribution in [-0.2, 0) is 4.79 Å². The molecule has 0 unspecified atom stereocenters. The number of carbonyl (C=O) groups excluding carboxylic acids is 1. The maximum absolute atomic E-state index is 11.1. The SMILES string of the molecule is CC(=O)C[C@@H](C)/C=C/c1ccc(Oc2ccc(-c3ncns3)cc2Cl)nc1. The molecular weight excluding hydrogens is 382 g/mol. The van der Waals surface area contributed by atoms with E-state index in [2.05, 4.69) is 14.3 Å². The maximum atomic E-state index is 11.1. The maximum Gasteiger partial charge on any atom is 0.219 e. The van der Waals surface area contributed by atoms with Crippen LogP contribution in [0.2, 0.25) is 5.02 Å². The lowest BCUT2D eigenvalue weighted by atomic mass is 10.0. The second kappa shape index (κ2) is 8.88. The second-order valence-corrected chi connectivity index (χ2v) is 7.35. The number of hydrogen-bond donors (Lipinski definition) is 0. The van der Waals surface area contributed by atoms with Crippen molar-refractivity contribution in [3.8, 4) is 22.2 Å². The van der Waals surface area contributed by atoms with Gasteiger partial charge in [0.1, 0.15) is 22.9 Å². The minimum absolute atomic E-state index is 0.183. The fraction of sp³-hybridized carbons (Fsp3) is 0.200. The highest BCUT2D eigenvalue weighted by atomic mass is 35.5. The summed E-state index contributed by atoms with van der Waals surface area (Å²) < 4.78 is 9.76. The number of nitrogens with zero attached hydrogens (tertiary/aromatic N) is 3. The summed E-state index contributed by atoms with van der Waals surface area (Å²) in [6.07, 6.45) is 7.72. The van der Waals surface area contributed by atoms with E-state index in [4.69, 9.17) is 16.3 Å². The molecule has 0 fully saturated rings. The van der Waals surface area contributed by atoms with Crippen molar-refractivity contribution in [2.24, 2.45) is 5.92 Å². The molecule has 0 bridgehead atoms. The van der Waals surface area contributed by atoms with E-state index in [-0.39, 0.29) is 11.7 Å². The molecule has 138 valence electrons. The zero-order valence-electron chi connectivity index (χ0n) is 14.9. The first-order valence-electron chi connectivity index (χ1n) is 8.39. The highest BCUT2D eigenvalue weighted by Gasteiger charge is 2.08. The molecule has 7 heteroatoms. The Morgan fingerprint density at radius 3 is 2.78 bits per heavy atom. The van der Waals surface area contributed by atoms with Gasteiger partial charge >= 0.3 is 0 Å². The van der Waals surface area contributed by atoms with Gasteiger partial charge in [0.2, 0.25) is 5.88 Å². The van der Waals surface area contributed by atoms with Crippen molar-refractivity contribution in [2.45, 2.75) is 20.3 Å². The number of benzene rings is 1. The molecule has 1 atom stereocenters. The molecule has 0 saturated carbocycles. The lowest BCUT2D eigenvalue weighted by Gasteiger charge is -2.08. The molecule has 0 radical (unpaired) electrons. The van der Waals surface area contributed by atoms with Crippen molar-refractivity contribution in [2.75, 3.05) is 0 Å². The lowest BCUT2D eigenvalue weighted by molar-refractivity contribution is -0.117. The number of aromatic nitrogens is 3. The predicted octanol–water partition coefficient (Wildman–Crippen LogP) is 5.67. The standard InChI is InChI=1S/C20H18ClN3O2S/c1-13(9-14(2)25)3-4-15-5-8-19(22-11-15)26-18-7-6-16(10-17(18)21)20-23-12-24-27-20/h3-8,10-13H,9H2,1-2H3/b4-3+/t13-/m0/s1. The van der Waals surface area contributed by atoms with Gasteiger partial charge in [-0.2, -0.15) is 4.37 Å². The topological polar surface area (TPSA) is 65.0 Å². The number of halogens is 1. The number of pyridine rings is 1. The van der Waals surface area contributed by atoms with Gasteiger partial charge in [0.15, 0.2) is 0 Å². The minimum Gasteiger partial charge on any atom is -0.437 e. The summed E-state index contributed by atoms with van der Waals surface area (Å²) in [7, 11) is 0. The molecule has 5 nitrogen and oxygen atoms in total. The van der Waals surface area contributed by atoms with E-state index in [9.17, 15) is 4.79 Å². The highest BCUT2D eigenvalue weighted by Crippen LogP contribution is 2.33. The highest BCUT2D eigenvalue weighted by molar-refractivity contribution is 7.09. The summed E-state index contributed by atoms with van der Waals surface area (Å²) in [6, 6.07) is 9.16. The number of rotatable bonds is 7. The van der Waals surface area contributed by atoms with E-state index in [1.165, 1.54) is 17.9 Å². The zero-order valence-corrected chi connectivity index (χ0v) is 16.5. The first kappa shape index (κ1) is 19.2. The molecular formula is C20H18ClN3O2S. The van der Waals surface area contributed by atoms with Gasteiger partial charge in [-0.1, -0.05) is 30.7 Å². The molecule has 2 aromatic heterocycles. The zero-order chi connectivity index (χ0) is 19.2. The molecule has 0 saturated heterocycles. The quantitative estimate of drug-likeness (QED) is 0.511. The van der Waals surface area contributed by atoms with E-state index >= 15 is 0 Å². The van der Waals surface area contributed by atoms with Crippen LogP contribution in [0, 0.1) is 5.92 Å². The Balaban J connectivity index is 1.66. The Labute approximate surface area is 166 Å². The van der Waals surface area contributed by atoms with Gasteiger partial charge in [0.25, 0.3) is 0 Å². The van der Waals surface area contributed by atoms with Crippen LogP contribution in [0.15, 0.2) is 48.9 Å². The molecule has 0 N–H and O–H groups in total. The average Bonchev–Trinajstić information content (AvgIpc) is 3.17. The lowest BCUT2D eigenvalue weighted by Crippen LogP contribution is -1.97. The average molecular weight is 400 g/mol. The van der Waals surface area contributed by atoms with Gasteiger partial charge in [0.05, 0.1) is 5.02 Å². The van der Waals surface area contributed by atoms with Gasteiger partial charge in [-0.25, -0.2) is 9.97 Å². The second-order valence-electron chi connectivity index (χ2n) is 6.17. The van der Waals surface area contributed by atoms with Crippen LogP contribution < -0.4 is 4.74 Å². The molecule has 0 spiro atoms. The van der Waals surface area contributed by atoms with Crippen LogP contribution in [0.4, 0.5) is 0 Å². The van der Waals surface area contributed by atoms with Crippen molar-refractivity contribution in [3.05, 3.63) is 59.5 Å². The molecule has 0 aliphatic rings. The summed E-state index contributed by atoms with van der Waals surface area (Å²) in [4.78, 5) is 19.6. The van der Waals surface area contributed by atoms with E-state index in [0.29, 0.717) is 23.1 Å². The van der Waals surface area contributed by atoms with Crippen LogP contribution in [0.5, 0.6) is 11.6 Å². The summed E-state index contributed by atoms with van der Waals surface area (Å²) in [6.45, 7) is 3.61. The number of ether oxygens (including phenoxy) is 1. The number of allylic oxidation sites excluding steroid dienone is 1. The van der Waals surface area contributed by atoms with Crippen LogP contribution in [0.3, 0.4) is 0 Å². The van der Waals surface area contributed by atoms with E-state index in [1.807, 2.05) is 31.2 Å². The third-order valence-corrected chi connectivity index (χ3v) is 4.75. The fourth-order valence-corrected chi connectivity index (χ4v) is 3.22. The molecule has 3 aromatic rings. The largest absolute Gasteiger partial charge is 0.437 e. The minimum atomic E-state index is 0.183. The normalized spacial score (nSPS) is 12.3. The molecule has 2 heterocycles. The Hall–Kier alpha value is -2.57. The predicted molar refractivity (Wildman–Crippen MR) is 108 cm³/mol. The van der Waals surface area contributed by atoms with E-state index < -0.39 is 0 Å². The monoisotopic (exact) mass is 399 g/mol. The smallest absolute Gasteiger partial charge is 0.219 e.